The van der Waals surface area contributed by atoms with E-state index in [2.05, 4.69) is 5.32 Å². The van der Waals surface area contributed by atoms with Crippen molar-refractivity contribution in [3.8, 4) is 0 Å². The maximum Gasteiger partial charge on any atom is 0.229 e. The second-order valence-electron chi connectivity index (χ2n) is 5.00. The third kappa shape index (κ3) is 3.78. The van der Waals surface area contributed by atoms with Gasteiger partial charge in [-0.3, -0.25) is 14.4 Å². The van der Waals surface area contributed by atoms with Crippen LogP contribution in [0.25, 0.3) is 0 Å². The molecule has 1 N–H and O–H groups in total. The summed E-state index contributed by atoms with van der Waals surface area (Å²) in [7, 11) is 0. The molecule has 0 aliphatic rings. The average molecular weight is 302 g/mol. The van der Waals surface area contributed by atoms with Crippen molar-refractivity contribution in [2.24, 2.45) is 5.41 Å². The number of hydrogen-bond acceptors (Lipinski definition) is 3. The predicted molar refractivity (Wildman–Crippen MR) is 74.9 cm³/mol. The normalized spacial score (nSPS) is 11.0. The minimum Gasteiger partial charge on any atom is -0.323 e. The van der Waals surface area contributed by atoms with E-state index in [-0.39, 0.29) is 33.5 Å². The Morgan fingerprint density at radius 2 is 1.63 bits per heavy atom. The van der Waals surface area contributed by atoms with E-state index in [1.807, 2.05) is 0 Å². The summed E-state index contributed by atoms with van der Waals surface area (Å²) in [6, 6.07) is 2.59. The highest BCUT2D eigenvalue weighted by Gasteiger charge is 2.23. The first-order valence-electron chi connectivity index (χ1n) is 5.47. The number of carbonyl (C=O) groups excluding carboxylic acids is 3. The van der Waals surface area contributed by atoms with Crippen LogP contribution in [0.2, 0.25) is 10.0 Å². The Labute approximate surface area is 121 Å². The number of amides is 1. The first-order chi connectivity index (χ1) is 8.66. The summed E-state index contributed by atoms with van der Waals surface area (Å²) in [4.78, 5) is 33.5. The van der Waals surface area contributed by atoms with Crippen molar-refractivity contribution in [2.45, 2.75) is 20.8 Å². The van der Waals surface area contributed by atoms with Gasteiger partial charge in [-0.1, -0.05) is 44.0 Å². The van der Waals surface area contributed by atoms with Crippen molar-refractivity contribution in [3.05, 3.63) is 27.7 Å². The quantitative estimate of drug-likeness (QED) is 0.529. The fourth-order valence-corrected chi connectivity index (χ4v) is 1.79. The monoisotopic (exact) mass is 301 g/mol. The van der Waals surface area contributed by atoms with E-state index in [9.17, 15) is 14.4 Å². The average Bonchev–Trinajstić information content (AvgIpc) is 2.30. The molecule has 0 spiro atoms. The van der Waals surface area contributed by atoms with E-state index < -0.39 is 11.2 Å². The molecule has 1 aromatic rings. The molecule has 102 valence electrons. The Balaban J connectivity index is 3.15. The number of hydrogen-bond donors (Lipinski definition) is 1. The molecule has 0 saturated heterocycles. The summed E-state index contributed by atoms with van der Waals surface area (Å²) in [6.07, 6.45) is 0.176. The first kappa shape index (κ1) is 15.7. The molecule has 4 nitrogen and oxygen atoms in total. The highest BCUT2D eigenvalue weighted by Crippen LogP contribution is 2.33. The fourth-order valence-electron chi connectivity index (χ4n) is 1.20. The van der Waals surface area contributed by atoms with Crippen LogP contribution in [0.3, 0.4) is 0 Å². The zero-order chi connectivity index (χ0) is 14.8. The van der Waals surface area contributed by atoms with Gasteiger partial charge in [0.05, 0.1) is 15.7 Å². The van der Waals surface area contributed by atoms with Crippen LogP contribution in [0.15, 0.2) is 12.1 Å². The molecule has 0 aliphatic carbocycles. The van der Waals surface area contributed by atoms with Crippen molar-refractivity contribution in [3.63, 3.8) is 0 Å². The SMILES string of the molecule is CC(C)(C)C(=O)Nc1c(Cl)cc(C(=O)C=O)cc1Cl. The lowest BCUT2D eigenvalue weighted by Gasteiger charge is -2.19. The minimum absolute atomic E-state index is 0.0822. The number of carbonyl (C=O) groups is 3. The van der Waals surface area contributed by atoms with Gasteiger partial charge >= 0.3 is 0 Å². The predicted octanol–water partition coefficient (Wildman–Crippen LogP) is 3.36. The molecule has 0 aromatic heterocycles. The van der Waals surface area contributed by atoms with Crippen molar-refractivity contribution < 1.29 is 14.4 Å². The van der Waals surface area contributed by atoms with Gasteiger partial charge in [0, 0.05) is 11.0 Å². The van der Waals surface area contributed by atoms with Gasteiger partial charge < -0.3 is 5.32 Å². The van der Waals surface area contributed by atoms with Gasteiger partial charge in [-0.15, -0.1) is 0 Å². The second kappa shape index (κ2) is 5.72. The van der Waals surface area contributed by atoms with E-state index in [4.69, 9.17) is 23.2 Å². The standard InChI is InChI=1S/C13H13Cl2NO3/c1-13(2,3)12(19)16-11-8(14)4-7(5-9(11)15)10(18)6-17/h4-6H,1-3H3,(H,16,19). The van der Waals surface area contributed by atoms with Crippen LogP contribution in [-0.2, 0) is 9.59 Å². The summed E-state index contributed by atoms with van der Waals surface area (Å²) in [5.74, 6) is -0.983. The van der Waals surface area contributed by atoms with Crippen LogP contribution in [0, 0.1) is 5.41 Å². The lowest BCUT2D eigenvalue weighted by Crippen LogP contribution is -2.27. The van der Waals surface area contributed by atoms with Gasteiger partial charge in [-0.25, -0.2) is 0 Å². The van der Waals surface area contributed by atoms with E-state index in [0.29, 0.717) is 0 Å². The molecule has 0 aliphatic heterocycles. The minimum atomic E-state index is -0.725. The Kier molecular flexibility index (Phi) is 4.71. The van der Waals surface area contributed by atoms with Gasteiger partial charge in [0.25, 0.3) is 0 Å². The highest BCUT2D eigenvalue weighted by atomic mass is 35.5. The summed E-state index contributed by atoms with van der Waals surface area (Å²) in [5, 5.41) is 2.81. The number of benzene rings is 1. The third-order valence-electron chi connectivity index (χ3n) is 2.35. The largest absolute Gasteiger partial charge is 0.323 e. The smallest absolute Gasteiger partial charge is 0.229 e. The molecule has 0 fully saturated rings. The van der Waals surface area contributed by atoms with Gasteiger partial charge in [0.2, 0.25) is 11.7 Å². The molecule has 0 atom stereocenters. The topological polar surface area (TPSA) is 63.2 Å². The zero-order valence-electron chi connectivity index (χ0n) is 10.7. The van der Waals surface area contributed by atoms with E-state index in [1.54, 1.807) is 20.8 Å². The van der Waals surface area contributed by atoms with Crippen LogP contribution in [-0.4, -0.2) is 18.0 Å². The molecule has 19 heavy (non-hydrogen) atoms. The number of rotatable bonds is 3. The fraction of sp³-hybridized carbons (Fsp3) is 0.308. The third-order valence-corrected chi connectivity index (χ3v) is 2.95. The van der Waals surface area contributed by atoms with Crippen LogP contribution < -0.4 is 5.32 Å². The van der Waals surface area contributed by atoms with Crippen molar-refractivity contribution in [2.75, 3.05) is 5.32 Å². The van der Waals surface area contributed by atoms with Gasteiger partial charge in [0.15, 0.2) is 6.29 Å². The zero-order valence-corrected chi connectivity index (χ0v) is 12.2. The lowest BCUT2D eigenvalue weighted by molar-refractivity contribution is -0.123. The maximum absolute atomic E-state index is 11.9. The lowest BCUT2D eigenvalue weighted by atomic mass is 9.95. The summed E-state index contributed by atoms with van der Waals surface area (Å²) < 4.78 is 0. The van der Waals surface area contributed by atoms with Gasteiger partial charge in [-0.05, 0) is 12.1 Å². The first-order valence-corrected chi connectivity index (χ1v) is 6.22. The van der Waals surface area contributed by atoms with Crippen LogP contribution in [0.4, 0.5) is 5.69 Å². The Hall–Kier alpha value is -1.39. The number of Topliss-reactive ketones (excluding diaryl/α,β-unsaturated/α-hetero) is 1. The molecule has 0 radical (unpaired) electrons. The molecule has 0 saturated carbocycles. The van der Waals surface area contributed by atoms with E-state index in [1.165, 1.54) is 12.1 Å². The summed E-state index contributed by atoms with van der Waals surface area (Å²) in [6.45, 7) is 5.23. The van der Waals surface area contributed by atoms with Crippen molar-refractivity contribution in [1.29, 1.82) is 0 Å². The molecule has 0 unspecified atom stereocenters. The van der Waals surface area contributed by atoms with Crippen LogP contribution >= 0.6 is 23.2 Å². The maximum atomic E-state index is 11.9. The summed E-state index contributed by atoms with van der Waals surface area (Å²) in [5.41, 5.74) is -0.298. The van der Waals surface area contributed by atoms with E-state index in [0.717, 1.165) is 0 Å². The number of aldehydes is 1. The molecule has 0 bridgehead atoms. The van der Waals surface area contributed by atoms with Crippen molar-refractivity contribution in [1.82, 2.24) is 0 Å². The molecule has 6 heteroatoms. The number of halogens is 2. The molecular formula is C13H13Cl2NO3. The van der Waals surface area contributed by atoms with Gasteiger partial charge in [-0.2, -0.15) is 0 Å². The molecule has 1 aromatic carbocycles. The Morgan fingerprint density at radius 1 is 1.16 bits per heavy atom. The molecule has 0 heterocycles. The number of ketones is 1. The van der Waals surface area contributed by atoms with Crippen LogP contribution in [0.5, 0.6) is 0 Å². The molecular weight excluding hydrogens is 289 g/mol. The Bertz CT molecular complexity index is 524. The second-order valence-corrected chi connectivity index (χ2v) is 5.82. The number of anilines is 1. The molecule has 1 amide bonds. The Morgan fingerprint density at radius 3 is 2.00 bits per heavy atom. The number of nitrogens with one attached hydrogen (secondary N) is 1. The van der Waals surface area contributed by atoms with Crippen LogP contribution in [0.1, 0.15) is 31.1 Å². The molecule has 1 rings (SSSR count). The summed E-state index contributed by atoms with van der Waals surface area (Å²) >= 11 is 11.9. The van der Waals surface area contributed by atoms with Crippen molar-refractivity contribution >= 4 is 46.9 Å². The van der Waals surface area contributed by atoms with E-state index >= 15 is 0 Å². The highest BCUT2D eigenvalue weighted by molar-refractivity contribution is 6.42. The van der Waals surface area contributed by atoms with Gasteiger partial charge in [0.1, 0.15) is 0 Å².